The van der Waals surface area contributed by atoms with E-state index in [4.69, 9.17) is 5.73 Å². The maximum Gasteiger partial charge on any atom is 0.292 e. The number of anilines is 2. The number of nitro groups is 1. The Bertz CT molecular complexity index is 391. The highest BCUT2D eigenvalue weighted by Crippen LogP contribution is 2.25. The number of rotatable bonds is 4. The van der Waals surface area contributed by atoms with Gasteiger partial charge in [0.05, 0.1) is 4.92 Å². The zero-order valence-corrected chi connectivity index (χ0v) is 9.73. The molecular formula is C11H17N3O2. The van der Waals surface area contributed by atoms with Crippen molar-refractivity contribution in [3.05, 3.63) is 28.3 Å². The predicted molar refractivity (Wildman–Crippen MR) is 65.4 cm³/mol. The first kappa shape index (κ1) is 12.3. The molecule has 0 aliphatic carbocycles. The zero-order valence-electron chi connectivity index (χ0n) is 9.73. The van der Waals surface area contributed by atoms with Crippen molar-refractivity contribution in [3.8, 4) is 0 Å². The summed E-state index contributed by atoms with van der Waals surface area (Å²) in [6.07, 6.45) is 0. The van der Waals surface area contributed by atoms with Crippen molar-refractivity contribution in [2.45, 2.75) is 26.8 Å². The molecule has 3 N–H and O–H groups in total. The topological polar surface area (TPSA) is 81.2 Å². The molecule has 0 saturated carbocycles. The highest BCUT2D eigenvalue weighted by molar-refractivity contribution is 5.66. The highest BCUT2D eigenvalue weighted by atomic mass is 16.6. The first-order valence-corrected chi connectivity index (χ1v) is 5.22. The second-order valence-corrected chi connectivity index (χ2v) is 4.21. The van der Waals surface area contributed by atoms with Gasteiger partial charge in [-0.3, -0.25) is 10.1 Å². The second kappa shape index (κ2) is 4.83. The molecule has 0 spiro atoms. The number of nitrogens with zero attached hydrogens (tertiary/aromatic N) is 1. The number of nitrogen functional groups attached to an aromatic ring is 1. The standard InChI is InChI=1S/C11H17N3O2/c1-7(2)8(3)13-9-4-5-11(14(15)16)10(12)6-9/h4-8,13H,12H2,1-3H3. The Morgan fingerprint density at radius 3 is 2.44 bits per heavy atom. The molecule has 5 heteroatoms. The van der Waals surface area contributed by atoms with Crippen molar-refractivity contribution in [2.24, 2.45) is 5.92 Å². The maximum absolute atomic E-state index is 10.6. The van der Waals surface area contributed by atoms with Gasteiger partial charge < -0.3 is 11.1 Å². The molecule has 0 aliphatic heterocycles. The molecule has 1 aromatic carbocycles. The van der Waals surface area contributed by atoms with Crippen molar-refractivity contribution in [1.29, 1.82) is 0 Å². The molecule has 88 valence electrons. The molecule has 0 saturated heterocycles. The number of hydrogen-bond donors (Lipinski definition) is 2. The van der Waals surface area contributed by atoms with Gasteiger partial charge in [-0.2, -0.15) is 0 Å². The zero-order chi connectivity index (χ0) is 12.3. The molecule has 0 radical (unpaired) electrons. The Labute approximate surface area is 94.8 Å². The van der Waals surface area contributed by atoms with E-state index in [0.29, 0.717) is 12.0 Å². The third kappa shape index (κ3) is 2.85. The summed E-state index contributed by atoms with van der Waals surface area (Å²) in [4.78, 5) is 10.1. The van der Waals surface area contributed by atoms with E-state index < -0.39 is 4.92 Å². The monoisotopic (exact) mass is 223 g/mol. The summed E-state index contributed by atoms with van der Waals surface area (Å²) in [6, 6.07) is 4.98. The van der Waals surface area contributed by atoms with E-state index in [1.54, 1.807) is 12.1 Å². The van der Waals surface area contributed by atoms with Crippen LogP contribution in [0.25, 0.3) is 0 Å². The third-order valence-electron chi connectivity index (χ3n) is 2.62. The van der Waals surface area contributed by atoms with Crippen LogP contribution in [0.5, 0.6) is 0 Å². The van der Waals surface area contributed by atoms with Gasteiger partial charge in [0, 0.05) is 17.8 Å². The lowest BCUT2D eigenvalue weighted by Crippen LogP contribution is -2.21. The van der Waals surface area contributed by atoms with Crippen LogP contribution in [0.2, 0.25) is 0 Å². The molecule has 0 fully saturated rings. The fourth-order valence-corrected chi connectivity index (χ4v) is 1.24. The lowest BCUT2D eigenvalue weighted by molar-refractivity contribution is -0.383. The van der Waals surface area contributed by atoms with Gasteiger partial charge in [0.25, 0.3) is 5.69 Å². The van der Waals surface area contributed by atoms with Crippen molar-refractivity contribution < 1.29 is 4.92 Å². The molecule has 0 heterocycles. The molecule has 1 aromatic rings. The minimum absolute atomic E-state index is 0.0530. The van der Waals surface area contributed by atoms with Crippen LogP contribution in [0, 0.1) is 16.0 Å². The van der Waals surface area contributed by atoms with Crippen LogP contribution in [-0.4, -0.2) is 11.0 Å². The average Bonchev–Trinajstić information content (AvgIpc) is 2.16. The Hall–Kier alpha value is -1.78. The molecular weight excluding hydrogens is 206 g/mol. The summed E-state index contributed by atoms with van der Waals surface area (Å²) in [5, 5.41) is 13.8. The summed E-state index contributed by atoms with van der Waals surface area (Å²) in [7, 11) is 0. The van der Waals surface area contributed by atoms with Gasteiger partial charge in [0.2, 0.25) is 0 Å². The van der Waals surface area contributed by atoms with Crippen molar-refractivity contribution in [2.75, 3.05) is 11.1 Å². The maximum atomic E-state index is 10.6. The normalized spacial score (nSPS) is 12.5. The van der Waals surface area contributed by atoms with E-state index in [-0.39, 0.29) is 11.4 Å². The van der Waals surface area contributed by atoms with Crippen molar-refractivity contribution >= 4 is 17.1 Å². The van der Waals surface area contributed by atoms with E-state index >= 15 is 0 Å². The fraction of sp³-hybridized carbons (Fsp3) is 0.455. The van der Waals surface area contributed by atoms with Crippen molar-refractivity contribution in [1.82, 2.24) is 0 Å². The van der Waals surface area contributed by atoms with Gasteiger partial charge in [0.15, 0.2) is 0 Å². The van der Waals surface area contributed by atoms with Crippen LogP contribution >= 0.6 is 0 Å². The SMILES string of the molecule is CC(C)C(C)Nc1ccc([N+](=O)[O-])c(N)c1. The second-order valence-electron chi connectivity index (χ2n) is 4.21. The quantitative estimate of drug-likeness (QED) is 0.467. The van der Waals surface area contributed by atoms with Gasteiger partial charge in [-0.25, -0.2) is 0 Å². The van der Waals surface area contributed by atoms with Gasteiger partial charge in [-0.1, -0.05) is 13.8 Å². The smallest absolute Gasteiger partial charge is 0.292 e. The largest absolute Gasteiger partial charge is 0.393 e. The lowest BCUT2D eigenvalue weighted by atomic mass is 10.1. The first-order valence-electron chi connectivity index (χ1n) is 5.22. The molecule has 0 bridgehead atoms. The Morgan fingerprint density at radius 2 is 2.00 bits per heavy atom. The van der Waals surface area contributed by atoms with Gasteiger partial charge in [-0.05, 0) is 25.0 Å². The summed E-state index contributed by atoms with van der Waals surface area (Å²) in [5.74, 6) is 0.483. The third-order valence-corrected chi connectivity index (χ3v) is 2.62. The number of nitrogens with two attached hydrogens (primary N) is 1. The van der Waals surface area contributed by atoms with E-state index in [9.17, 15) is 10.1 Å². The summed E-state index contributed by atoms with van der Waals surface area (Å²) >= 11 is 0. The summed E-state index contributed by atoms with van der Waals surface area (Å²) in [6.45, 7) is 6.26. The predicted octanol–water partition coefficient (Wildman–Crippen LogP) is 2.63. The van der Waals surface area contributed by atoms with Gasteiger partial charge in [0.1, 0.15) is 5.69 Å². The van der Waals surface area contributed by atoms with E-state index in [1.807, 2.05) is 0 Å². The number of hydrogen-bond acceptors (Lipinski definition) is 4. The van der Waals surface area contributed by atoms with Crippen LogP contribution in [0.15, 0.2) is 18.2 Å². The highest BCUT2D eigenvalue weighted by Gasteiger charge is 2.12. The van der Waals surface area contributed by atoms with E-state index in [0.717, 1.165) is 5.69 Å². The molecule has 1 rings (SSSR count). The molecule has 0 aliphatic rings. The molecule has 16 heavy (non-hydrogen) atoms. The molecule has 0 amide bonds. The van der Waals surface area contributed by atoms with Crippen LogP contribution in [0.3, 0.4) is 0 Å². The van der Waals surface area contributed by atoms with Crippen molar-refractivity contribution in [3.63, 3.8) is 0 Å². The minimum atomic E-state index is -0.481. The number of nitrogens with one attached hydrogen (secondary N) is 1. The van der Waals surface area contributed by atoms with Crippen LogP contribution in [0.1, 0.15) is 20.8 Å². The van der Waals surface area contributed by atoms with Gasteiger partial charge in [-0.15, -0.1) is 0 Å². The van der Waals surface area contributed by atoms with E-state index in [2.05, 4.69) is 26.1 Å². The number of benzene rings is 1. The fourth-order valence-electron chi connectivity index (χ4n) is 1.24. The van der Waals surface area contributed by atoms with Gasteiger partial charge >= 0.3 is 0 Å². The van der Waals surface area contributed by atoms with Crippen LogP contribution in [-0.2, 0) is 0 Å². The molecule has 1 atom stereocenters. The van der Waals surface area contributed by atoms with Crippen LogP contribution < -0.4 is 11.1 Å². The molecule has 5 nitrogen and oxygen atoms in total. The molecule has 0 aromatic heterocycles. The Morgan fingerprint density at radius 1 is 1.38 bits per heavy atom. The number of nitro benzene ring substituents is 1. The lowest BCUT2D eigenvalue weighted by Gasteiger charge is -2.18. The summed E-state index contributed by atoms with van der Waals surface area (Å²) < 4.78 is 0. The van der Waals surface area contributed by atoms with Crippen LogP contribution in [0.4, 0.5) is 17.1 Å². The Balaban J connectivity index is 2.85. The summed E-state index contributed by atoms with van der Waals surface area (Å²) in [5.41, 5.74) is 6.54. The molecule has 1 unspecified atom stereocenters. The minimum Gasteiger partial charge on any atom is -0.393 e. The van der Waals surface area contributed by atoms with E-state index in [1.165, 1.54) is 6.07 Å². The average molecular weight is 223 g/mol. The Kier molecular flexibility index (Phi) is 3.71. The first-order chi connectivity index (χ1) is 7.41.